The van der Waals surface area contributed by atoms with Gasteiger partial charge in [0.1, 0.15) is 6.04 Å². The second-order valence-corrected chi connectivity index (χ2v) is 2.41. The van der Waals surface area contributed by atoms with Gasteiger partial charge in [-0.1, -0.05) is 0 Å². The van der Waals surface area contributed by atoms with Crippen molar-refractivity contribution in [3.05, 3.63) is 5.88 Å². The summed E-state index contributed by atoms with van der Waals surface area (Å²) in [6, 6.07) is -0.361. The van der Waals surface area contributed by atoms with Gasteiger partial charge in [0.05, 0.1) is 5.88 Å². The van der Waals surface area contributed by atoms with E-state index in [0.29, 0.717) is 5.75 Å². The molecular weight excluding hydrogens is 126 g/mol. The van der Waals surface area contributed by atoms with E-state index < -0.39 is 5.97 Å². The monoisotopic (exact) mass is 132 g/mol. The van der Waals surface area contributed by atoms with E-state index in [1.165, 1.54) is 11.8 Å². The summed E-state index contributed by atoms with van der Waals surface area (Å²) in [6.07, 6.45) is 0. The van der Waals surface area contributed by atoms with Gasteiger partial charge in [0.25, 0.3) is 0 Å². The summed E-state index contributed by atoms with van der Waals surface area (Å²) in [4.78, 5) is 10.1. The van der Waals surface area contributed by atoms with Gasteiger partial charge in [-0.15, -0.1) is 11.8 Å². The van der Waals surface area contributed by atoms with Crippen molar-refractivity contribution < 1.29 is 9.90 Å². The highest BCUT2D eigenvalue weighted by atomic mass is 32.2. The second kappa shape index (κ2) is 2.37. The van der Waals surface area contributed by atoms with E-state index in [9.17, 15) is 4.79 Å². The van der Waals surface area contributed by atoms with Gasteiger partial charge < -0.3 is 5.11 Å². The minimum atomic E-state index is -0.772. The first-order chi connectivity index (χ1) is 3.80. The summed E-state index contributed by atoms with van der Waals surface area (Å²) in [6.45, 7) is 0. The van der Waals surface area contributed by atoms with Crippen LogP contribution in [0.5, 0.6) is 0 Å². The zero-order chi connectivity index (χ0) is 5.98. The lowest BCUT2D eigenvalue weighted by atomic mass is 10.4. The van der Waals surface area contributed by atoms with Crippen molar-refractivity contribution in [2.75, 3.05) is 5.75 Å². The number of rotatable bonds is 1. The van der Waals surface area contributed by atoms with Gasteiger partial charge in [-0.3, -0.25) is 10.1 Å². The maximum Gasteiger partial charge on any atom is 0.321 e. The second-order valence-electron chi connectivity index (χ2n) is 1.51. The number of hydrogen-bond donors (Lipinski definition) is 2. The molecule has 1 aliphatic heterocycles. The fourth-order valence-corrected chi connectivity index (χ4v) is 1.25. The van der Waals surface area contributed by atoms with E-state index in [1.807, 2.05) is 0 Å². The van der Waals surface area contributed by atoms with E-state index in [1.54, 1.807) is 5.88 Å². The summed E-state index contributed by atoms with van der Waals surface area (Å²) in [7, 11) is 0. The molecule has 1 aliphatic rings. The largest absolute Gasteiger partial charge is 0.480 e. The minimum absolute atomic E-state index is 0.361. The van der Waals surface area contributed by atoms with Gasteiger partial charge >= 0.3 is 5.97 Å². The molecule has 2 N–H and O–H groups in total. The molecule has 0 aliphatic carbocycles. The molecule has 4 heteroatoms. The Morgan fingerprint density at radius 2 is 2.75 bits per heavy atom. The van der Waals surface area contributed by atoms with Crippen LogP contribution < -0.4 is 5.32 Å². The number of carbonyl (C=O) groups is 1. The average molecular weight is 132 g/mol. The molecule has 8 heavy (non-hydrogen) atoms. The quantitative estimate of drug-likeness (QED) is 0.523. The van der Waals surface area contributed by atoms with Crippen LogP contribution in [0.15, 0.2) is 0 Å². The SMILES string of the molecule is O=C(O)C1CS[CH]N1. The molecule has 1 fully saturated rings. The Kier molecular flexibility index (Phi) is 1.75. The van der Waals surface area contributed by atoms with Crippen molar-refractivity contribution in [3.8, 4) is 0 Å². The Balaban J connectivity index is 2.35. The van der Waals surface area contributed by atoms with Crippen molar-refractivity contribution in [2.24, 2.45) is 0 Å². The lowest BCUT2D eigenvalue weighted by Crippen LogP contribution is -2.31. The lowest BCUT2D eigenvalue weighted by molar-refractivity contribution is -0.138. The lowest BCUT2D eigenvalue weighted by Gasteiger charge is -1.98. The van der Waals surface area contributed by atoms with Gasteiger partial charge in [-0.25, -0.2) is 0 Å². The van der Waals surface area contributed by atoms with E-state index in [2.05, 4.69) is 5.32 Å². The van der Waals surface area contributed by atoms with Crippen molar-refractivity contribution in [2.45, 2.75) is 6.04 Å². The molecule has 0 saturated carbocycles. The van der Waals surface area contributed by atoms with Crippen LogP contribution in [0.2, 0.25) is 0 Å². The van der Waals surface area contributed by atoms with Crippen LogP contribution in [0, 0.1) is 5.88 Å². The number of carboxylic acid groups (broad SMARTS) is 1. The topological polar surface area (TPSA) is 49.3 Å². The molecule has 0 bridgehead atoms. The Morgan fingerprint density at radius 1 is 2.00 bits per heavy atom. The Bertz CT molecular complexity index is 100. The third-order valence-electron chi connectivity index (χ3n) is 0.914. The predicted octanol–water partition coefficient (Wildman–Crippen LogP) is -0.105. The highest BCUT2D eigenvalue weighted by Gasteiger charge is 2.21. The van der Waals surface area contributed by atoms with Gasteiger partial charge in [0, 0.05) is 5.75 Å². The molecule has 1 heterocycles. The van der Waals surface area contributed by atoms with Crippen LogP contribution in [-0.4, -0.2) is 22.9 Å². The average Bonchev–Trinajstić information content (AvgIpc) is 2.12. The highest BCUT2D eigenvalue weighted by Crippen LogP contribution is 2.13. The molecule has 0 spiro atoms. The first-order valence-corrected chi connectivity index (χ1v) is 3.28. The molecule has 1 rings (SSSR count). The zero-order valence-corrected chi connectivity index (χ0v) is 4.94. The van der Waals surface area contributed by atoms with E-state index in [4.69, 9.17) is 5.11 Å². The number of nitrogens with one attached hydrogen (secondary N) is 1. The van der Waals surface area contributed by atoms with Crippen molar-refractivity contribution in [1.82, 2.24) is 5.32 Å². The summed E-state index contributed by atoms with van der Waals surface area (Å²) in [5, 5.41) is 11.0. The van der Waals surface area contributed by atoms with E-state index >= 15 is 0 Å². The minimum Gasteiger partial charge on any atom is -0.480 e. The molecule has 1 unspecified atom stereocenters. The summed E-state index contributed by atoms with van der Waals surface area (Å²) in [5.41, 5.74) is 0. The molecule has 45 valence electrons. The maximum atomic E-state index is 10.1. The third-order valence-corrected chi connectivity index (χ3v) is 1.74. The van der Waals surface area contributed by atoms with E-state index in [0.717, 1.165) is 0 Å². The molecule has 0 aromatic heterocycles. The summed E-state index contributed by atoms with van der Waals surface area (Å²) >= 11 is 1.49. The predicted molar refractivity (Wildman–Crippen MR) is 31.3 cm³/mol. The van der Waals surface area contributed by atoms with Gasteiger partial charge in [0.2, 0.25) is 0 Å². The number of aliphatic carboxylic acids is 1. The first-order valence-electron chi connectivity index (χ1n) is 2.23. The molecule has 0 aromatic carbocycles. The van der Waals surface area contributed by atoms with Crippen molar-refractivity contribution in [1.29, 1.82) is 0 Å². The first kappa shape index (κ1) is 5.91. The molecule has 3 nitrogen and oxygen atoms in total. The van der Waals surface area contributed by atoms with Crippen LogP contribution in [-0.2, 0) is 4.79 Å². The Morgan fingerprint density at radius 3 is 3.00 bits per heavy atom. The highest BCUT2D eigenvalue weighted by molar-refractivity contribution is 8.01. The molecule has 0 amide bonds. The summed E-state index contributed by atoms with van der Waals surface area (Å²) < 4.78 is 0. The number of hydrogen-bond acceptors (Lipinski definition) is 3. The molecule has 1 atom stereocenters. The molecule has 1 radical (unpaired) electrons. The van der Waals surface area contributed by atoms with Crippen LogP contribution in [0.4, 0.5) is 0 Å². The van der Waals surface area contributed by atoms with Crippen LogP contribution >= 0.6 is 11.8 Å². The van der Waals surface area contributed by atoms with Gasteiger partial charge in [-0.05, 0) is 0 Å². The third kappa shape index (κ3) is 1.14. The standard InChI is InChI=1S/C4H6NO2S/c6-4(7)3-1-8-2-5-3/h2-3,5H,1H2,(H,6,7). The van der Waals surface area contributed by atoms with E-state index in [-0.39, 0.29) is 6.04 Å². The number of carboxylic acids is 1. The zero-order valence-electron chi connectivity index (χ0n) is 4.13. The van der Waals surface area contributed by atoms with Gasteiger partial charge in [0.15, 0.2) is 0 Å². The normalized spacial score (nSPS) is 28.2. The molecule has 1 saturated heterocycles. The fraction of sp³-hybridized carbons (Fsp3) is 0.500. The smallest absolute Gasteiger partial charge is 0.321 e. The number of thioether (sulfide) groups is 1. The summed E-state index contributed by atoms with van der Waals surface area (Å²) in [5.74, 6) is 1.58. The Hall–Kier alpha value is -0.220. The molecule has 0 aromatic rings. The Labute approximate surface area is 51.5 Å². The molecular formula is C4H6NO2S. The maximum absolute atomic E-state index is 10.1. The van der Waals surface area contributed by atoms with Crippen LogP contribution in [0.25, 0.3) is 0 Å². The van der Waals surface area contributed by atoms with Gasteiger partial charge in [-0.2, -0.15) is 0 Å². The van der Waals surface area contributed by atoms with Crippen molar-refractivity contribution >= 4 is 17.7 Å². The van der Waals surface area contributed by atoms with Crippen molar-refractivity contribution in [3.63, 3.8) is 0 Å². The van der Waals surface area contributed by atoms with Crippen LogP contribution in [0.1, 0.15) is 0 Å². The van der Waals surface area contributed by atoms with Crippen LogP contribution in [0.3, 0.4) is 0 Å². The fourth-order valence-electron chi connectivity index (χ4n) is 0.465.